The van der Waals surface area contributed by atoms with E-state index in [0.29, 0.717) is 17.7 Å². The summed E-state index contributed by atoms with van der Waals surface area (Å²) < 4.78 is 0. The van der Waals surface area contributed by atoms with Crippen LogP contribution in [0, 0.1) is 6.92 Å². The molecule has 4 nitrogen and oxygen atoms in total. The summed E-state index contributed by atoms with van der Waals surface area (Å²) in [5.41, 5.74) is 1.38. The third-order valence-corrected chi connectivity index (χ3v) is 1.38. The van der Waals surface area contributed by atoms with E-state index >= 15 is 0 Å². The maximum absolute atomic E-state index is 8.98. The maximum Gasteiger partial charge on any atom is 0.233 e. The number of hydrogen-bond donors (Lipinski definition) is 2. The Bertz CT molecular complexity index is 250. The van der Waals surface area contributed by atoms with Crippen LogP contribution < -0.4 is 0 Å². The van der Waals surface area contributed by atoms with Crippen molar-refractivity contribution in [2.24, 2.45) is 0 Å². The number of aryl methyl sites for hydroxylation is 1. The van der Waals surface area contributed by atoms with E-state index in [4.69, 9.17) is 10.2 Å². The van der Waals surface area contributed by atoms with Gasteiger partial charge in [-0.1, -0.05) is 0 Å². The molecule has 0 aliphatic carbocycles. The van der Waals surface area contributed by atoms with E-state index in [-0.39, 0.29) is 12.5 Å². The van der Waals surface area contributed by atoms with E-state index in [1.54, 1.807) is 13.0 Å². The summed E-state index contributed by atoms with van der Waals surface area (Å²) in [6.07, 6.45) is 0.480. The van der Waals surface area contributed by atoms with Gasteiger partial charge in [0.2, 0.25) is 5.88 Å². The molecule has 0 bridgehead atoms. The molecule has 60 valence electrons. The minimum atomic E-state index is -0.0494. The quantitative estimate of drug-likeness (QED) is 0.630. The largest absolute Gasteiger partial charge is 0.492 e. The molecule has 0 saturated heterocycles. The smallest absolute Gasteiger partial charge is 0.233 e. The number of aliphatic hydroxyl groups excluding tert-OH is 1. The zero-order valence-electron chi connectivity index (χ0n) is 6.28. The highest BCUT2D eigenvalue weighted by molar-refractivity contribution is 5.23. The van der Waals surface area contributed by atoms with Gasteiger partial charge in [-0.2, -0.15) is 5.10 Å². The molecular formula is C7H10N2O2. The fourth-order valence-electron chi connectivity index (χ4n) is 0.771. The second-order valence-electron chi connectivity index (χ2n) is 2.32. The lowest BCUT2D eigenvalue weighted by atomic mass is 10.2. The van der Waals surface area contributed by atoms with Crippen LogP contribution in [0.4, 0.5) is 0 Å². The molecule has 1 heterocycles. The van der Waals surface area contributed by atoms with Gasteiger partial charge in [-0.05, 0) is 13.0 Å². The van der Waals surface area contributed by atoms with Crippen LogP contribution in [0.15, 0.2) is 6.07 Å². The van der Waals surface area contributed by atoms with Gasteiger partial charge in [-0.15, -0.1) is 5.10 Å². The summed E-state index contributed by atoms with van der Waals surface area (Å²) in [7, 11) is 0. The van der Waals surface area contributed by atoms with Gasteiger partial charge < -0.3 is 10.2 Å². The van der Waals surface area contributed by atoms with Gasteiger partial charge in [0, 0.05) is 18.6 Å². The molecule has 11 heavy (non-hydrogen) atoms. The van der Waals surface area contributed by atoms with E-state index in [2.05, 4.69) is 10.2 Å². The van der Waals surface area contributed by atoms with Crippen LogP contribution in [-0.2, 0) is 6.42 Å². The van der Waals surface area contributed by atoms with E-state index in [9.17, 15) is 0 Å². The van der Waals surface area contributed by atoms with Crippen LogP contribution in [-0.4, -0.2) is 27.0 Å². The van der Waals surface area contributed by atoms with Crippen LogP contribution in [0.25, 0.3) is 0 Å². The number of nitrogens with zero attached hydrogens (tertiary/aromatic N) is 2. The summed E-state index contributed by atoms with van der Waals surface area (Å²) in [4.78, 5) is 0. The summed E-state index contributed by atoms with van der Waals surface area (Å²) in [5, 5.41) is 24.7. The lowest BCUT2D eigenvalue weighted by Crippen LogP contribution is -1.97. The maximum atomic E-state index is 8.98. The van der Waals surface area contributed by atoms with Gasteiger partial charge in [0.15, 0.2) is 0 Å². The third kappa shape index (κ3) is 1.88. The van der Waals surface area contributed by atoms with E-state index < -0.39 is 0 Å². The standard InChI is InChI=1S/C7H10N2O2/c1-5-4-6(2-3-10)8-9-7(5)11/h4,10H,2-3H2,1H3,(H,9,11). The fraction of sp³-hybridized carbons (Fsp3) is 0.429. The van der Waals surface area contributed by atoms with Crippen molar-refractivity contribution in [2.75, 3.05) is 6.61 Å². The molecule has 0 aromatic carbocycles. The van der Waals surface area contributed by atoms with Crippen molar-refractivity contribution in [2.45, 2.75) is 13.3 Å². The van der Waals surface area contributed by atoms with Crippen molar-refractivity contribution < 1.29 is 10.2 Å². The number of rotatable bonds is 2. The molecule has 0 aliphatic rings. The lowest BCUT2D eigenvalue weighted by molar-refractivity contribution is 0.297. The van der Waals surface area contributed by atoms with Crippen molar-refractivity contribution >= 4 is 0 Å². The number of aliphatic hydroxyl groups is 1. The van der Waals surface area contributed by atoms with Crippen molar-refractivity contribution in [3.05, 3.63) is 17.3 Å². The van der Waals surface area contributed by atoms with Crippen LogP contribution >= 0.6 is 0 Å². The Morgan fingerprint density at radius 3 is 2.73 bits per heavy atom. The first-order chi connectivity index (χ1) is 5.24. The Balaban J connectivity index is 2.86. The lowest BCUT2D eigenvalue weighted by Gasteiger charge is -1.98. The highest BCUT2D eigenvalue weighted by Crippen LogP contribution is 2.10. The average Bonchev–Trinajstić information content (AvgIpc) is 1.98. The van der Waals surface area contributed by atoms with Crippen LogP contribution in [0.3, 0.4) is 0 Å². The molecule has 0 amide bonds. The number of hydrogen-bond acceptors (Lipinski definition) is 4. The highest BCUT2D eigenvalue weighted by Gasteiger charge is 1.99. The van der Waals surface area contributed by atoms with Crippen molar-refractivity contribution in [1.82, 2.24) is 10.2 Å². The fourth-order valence-corrected chi connectivity index (χ4v) is 0.771. The Labute approximate surface area is 64.5 Å². The SMILES string of the molecule is Cc1cc(CCO)nnc1O. The molecule has 0 saturated carbocycles. The molecule has 0 radical (unpaired) electrons. The first-order valence-corrected chi connectivity index (χ1v) is 3.37. The molecule has 1 aromatic heterocycles. The average molecular weight is 154 g/mol. The zero-order valence-corrected chi connectivity index (χ0v) is 6.28. The normalized spacial score (nSPS) is 10.0. The van der Waals surface area contributed by atoms with Crippen LogP contribution in [0.5, 0.6) is 5.88 Å². The minimum Gasteiger partial charge on any atom is -0.492 e. The minimum absolute atomic E-state index is 0.0494. The Morgan fingerprint density at radius 1 is 1.45 bits per heavy atom. The molecule has 2 N–H and O–H groups in total. The first-order valence-electron chi connectivity index (χ1n) is 3.37. The van der Waals surface area contributed by atoms with Crippen LogP contribution in [0.1, 0.15) is 11.3 Å². The van der Waals surface area contributed by atoms with Gasteiger partial charge in [0.1, 0.15) is 0 Å². The molecule has 1 aromatic rings. The van der Waals surface area contributed by atoms with Gasteiger partial charge in [0.05, 0.1) is 5.69 Å². The van der Waals surface area contributed by atoms with Gasteiger partial charge in [-0.25, -0.2) is 0 Å². The molecule has 0 fully saturated rings. The summed E-state index contributed by atoms with van der Waals surface area (Å²) in [6, 6.07) is 1.71. The molecule has 0 unspecified atom stereocenters. The van der Waals surface area contributed by atoms with Gasteiger partial charge in [-0.3, -0.25) is 0 Å². The summed E-state index contributed by atoms with van der Waals surface area (Å²) in [6.45, 7) is 1.80. The molecule has 1 rings (SSSR count). The van der Waals surface area contributed by atoms with Gasteiger partial charge >= 0.3 is 0 Å². The molecule has 4 heteroatoms. The van der Waals surface area contributed by atoms with Crippen molar-refractivity contribution in [3.63, 3.8) is 0 Å². The Morgan fingerprint density at radius 2 is 2.18 bits per heavy atom. The van der Waals surface area contributed by atoms with E-state index in [1.807, 2.05) is 0 Å². The Kier molecular flexibility index (Phi) is 2.38. The molecule has 0 atom stereocenters. The second-order valence-corrected chi connectivity index (χ2v) is 2.32. The van der Waals surface area contributed by atoms with Crippen molar-refractivity contribution in [1.29, 1.82) is 0 Å². The zero-order chi connectivity index (χ0) is 8.27. The van der Waals surface area contributed by atoms with E-state index in [1.165, 1.54) is 0 Å². The second kappa shape index (κ2) is 3.30. The highest BCUT2D eigenvalue weighted by atomic mass is 16.3. The topological polar surface area (TPSA) is 66.2 Å². The summed E-state index contributed by atoms with van der Waals surface area (Å²) >= 11 is 0. The third-order valence-electron chi connectivity index (χ3n) is 1.38. The Hall–Kier alpha value is -1.16. The molecular weight excluding hydrogens is 144 g/mol. The predicted molar refractivity (Wildman–Crippen MR) is 39.2 cm³/mol. The first kappa shape index (κ1) is 7.94. The molecule has 0 spiro atoms. The monoisotopic (exact) mass is 154 g/mol. The number of aromatic hydroxyl groups is 1. The predicted octanol–water partition coefficient (Wildman–Crippen LogP) is 0.0254. The molecule has 0 aliphatic heterocycles. The van der Waals surface area contributed by atoms with Crippen LogP contribution in [0.2, 0.25) is 0 Å². The van der Waals surface area contributed by atoms with Gasteiger partial charge in [0.25, 0.3) is 0 Å². The number of aromatic nitrogens is 2. The van der Waals surface area contributed by atoms with Crippen molar-refractivity contribution in [3.8, 4) is 5.88 Å². The van der Waals surface area contributed by atoms with E-state index in [0.717, 1.165) is 0 Å². The summed E-state index contributed by atoms with van der Waals surface area (Å²) in [5.74, 6) is -0.0494.